The van der Waals surface area contributed by atoms with Gasteiger partial charge in [-0.15, -0.1) is 0 Å². The van der Waals surface area contributed by atoms with Crippen LogP contribution in [0.2, 0.25) is 0 Å². The summed E-state index contributed by atoms with van der Waals surface area (Å²) in [4.78, 5) is 0. The zero-order valence-electron chi connectivity index (χ0n) is 12.2. The molecule has 1 saturated heterocycles. The molecule has 0 atom stereocenters. The SMILES string of the molecule is CCCCOC1(OCCCC)CCCCCCO1. The Balaban J connectivity index is 2.45. The molecule has 1 rings (SSSR count). The van der Waals surface area contributed by atoms with Crippen LogP contribution in [0.5, 0.6) is 0 Å². The number of hydrogen-bond acceptors (Lipinski definition) is 3. The van der Waals surface area contributed by atoms with Crippen LogP contribution in [0.3, 0.4) is 0 Å². The van der Waals surface area contributed by atoms with Crippen molar-refractivity contribution in [3.05, 3.63) is 0 Å². The van der Waals surface area contributed by atoms with E-state index in [0.29, 0.717) is 0 Å². The molecule has 3 nitrogen and oxygen atoms in total. The molecular weight excluding hydrogens is 228 g/mol. The lowest BCUT2D eigenvalue weighted by molar-refractivity contribution is -0.385. The van der Waals surface area contributed by atoms with Gasteiger partial charge in [0.15, 0.2) is 0 Å². The van der Waals surface area contributed by atoms with Crippen molar-refractivity contribution in [2.24, 2.45) is 0 Å². The zero-order chi connectivity index (χ0) is 13.1. The second kappa shape index (κ2) is 9.76. The maximum absolute atomic E-state index is 5.95. The van der Waals surface area contributed by atoms with E-state index < -0.39 is 5.97 Å². The lowest BCUT2D eigenvalue weighted by atomic mass is 10.1. The first kappa shape index (κ1) is 15.9. The molecule has 0 aromatic carbocycles. The van der Waals surface area contributed by atoms with Crippen LogP contribution in [0.1, 0.15) is 71.6 Å². The Morgan fingerprint density at radius 2 is 1.50 bits per heavy atom. The van der Waals surface area contributed by atoms with Gasteiger partial charge in [-0.2, -0.15) is 0 Å². The van der Waals surface area contributed by atoms with E-state index in [1.807, 2.05) is 0 Å². The molecule has 3 heteroatoms. The largest absolute Gasteiger partial charge is 0.327 e. The summed E-state index contributed by atoms with van der Waals surface area (Å²) in [5.41, 5.74) is 0. The number of ether oxygens (including phenoxy) is 3. The maximum Gasteiger partial charge on any atom is 0.282 e. The van der Waals surface area contributed by atoms with Crippen molar-refractivity contribution in [3.8, 4) is 0 Å². The highest BCUT2D eigenvalue weighted by atomic mass is 16.9. The van der Waals surface area contributed by atoms with E-state index in [-0.39, 0.29) is 0 Å². The summed E-state index contributed by atoms with van der Waals surface area (Å²) < 4.78 is 17.8. The molecule has 108 valence electrons. The highest BCUT2D eigenvalue weighted by molar-refractivity contribution is 4.63. The van der Waals surface area contributed by atoms with E-state index in [1.54, 1.807) is 0 Å². The fourth-order valence-electron chi connectivity index (χ4n) is 2.11. The van der Waals surface area contributed by atoms with Crippen LogP contribution >= 0.6 is 0 Å². The van der Waals surface area contributed by atoms with Gasteiger partial charge < -0.3 is 14.2 Å². The van der Waals surface area contributed by atoms with Crippen LogP contribution < -0.4 is 0 Å². The van der Waals surface area contributed by atoms with E-state index in [0.717, 1.165) is 64.8 Å². The number of unbranched alkanes of at least 4 members (excludes halogenated alkanes) is 2. The van der Waals surface area contributed by atoms with Gasteiger partial charge in [0, 0.05) is 6.42 Å². The molecule has 1 aliphatic heterocycles. The van der Waals surface area contributed by atoms with Crippen LogP contribution in [0.4, 0.5) is 0 Å². The molecule has 18 heavy (non-hydrogen) atoms. The Morgan fingerprint density at radius 3 is 2.11 bits per heavy atom. The van der Waals surface area contributed by atoms with E-state index >= 15 is 0 Å². The lowest BCUT2D eigenvalue weighted by Gasteiger charge is -2.34. The quantitative estimate of drug-likeness (QED) is 0.481. The molecule has 0 aromatic heterocycles. The first-order valence-corrected chi connectivity index (χ1v) is 7.75. The van der Waals surface area contributed by atoms with Gasteiger partial charge in [0.05, 0.1) is 19.8 Å². The monoisotopic (exact) mass is 258 g/mol. The van der Waals surface area contributed by atoms with E-state index in [9.17, 15) is 0 Å². The minimum absolute atomic E-state index is 0.739. The normalized spacial score (nSPS) is 20.3. The molecule has 0 unspecified atom stereocenters. The second-order valence-corrected chi connectivity index (χ2v) is 5.10. The van der Waals surface area contributed by atoms with Gasteiger partial charge in [-0.3, -0.25) is 0 Å². The van der Waals surface area contributed by atoms with Gasteiger partial charge in [0.2, 0.25) is 0 Å². The predicted molar refractivity (Wildman–Crippen MR) is 73.5 cm³/mol. The van der Waals surface area contributed by atoms with E-state index in [2.05, 4.69) is 13.8 Å². The minimum atomic E-state index is -0.745. The molecule has 0 bridgehead atoms. The van der Waals surface area contributed by atoms with Crippen LogP contribution in [-0.2, 0) is 14.2 Å². The number of rotatable bonds is 8. The molecule has 0 saturated carbocycles. The van der Waals surface area contributed by atoms with Crippen LogP contribution in [0, 0.1) is 0 Å². The average Bonchev–Trinajstić information content (AvgIpc) is 2.34. The molecule has 0 aliphatic carbocycles. The van der Waals surface area contributed by atoms with Crippen molar-refractivity contribution in [3.63, 3.8) is 0 Å². The van der Waals surface area contributed by atoms with Crippen LogP contribution in [0.25, 0.3) is 0 Å². The van der Waals surface area contributed by atoms with Gasteiger partial charge in [-0.05, 0) is 25.7 Å². The first-order chi connectivity index (χ1) is 8.83. The summed E-state index contributed by atoms with van der Waals surface area (Å²) >= 11 is 0. The van der Waals surface area contributed by atoms with E-state index in [4.69, 9.17) is 14.2 Å². The molecule has 1 aliphatic rings. The Bertz CT molecular complexity index is 174. The lowest BCUT2D eigenvalue weighted by Crippen LogP contribution is -2.41. The van der Waals surface area contributed by atoms with Gasteiger partial charge in [0.25, 0.3) is 5.97 Å². The Morgan fingerprint density at radius 1 is 0.889 bits per heavy atom. The van der Waals surface area contributed by atoms with Crippen molar-refractivity contribution < 1.29 is 14.2 Å². The van der Waals surface area contributed by atoms with Crippen LogP contribution in [-0.4, -0.2) is 25.8 Å². The molecule has 0 amide bonds. The summed E-state index contributed by atoms with van der Waals surface area (Å²) in [5, 5.41) is 0. The average molecular weight is 258 g/mol. The Hall–Kier alpha value is -0.120. The van der Waals surface area contributed by atoms with Crippen molar-refractivity contribution in [1.82, 2.24) is 0 Å². The summed E-state index contributed by atoms with van der Waals surface area (Å²) in [7, 11) is 0. The van der Waals surface area contributed by atoms with Crippen molar-refractivity contribution in [2.45, 2.75) is 77.6 Å². The topological polar surface area (TPSA) is 27.7 Å². The summed E-state index contributed by atoms with van der Waals surface area (Å²) in [6, 6.07) is 0. The highest BCUT2D eigenvalue weighted by Gasteiger charge is 2.33. The second-order valence-electron chi connectivity index (χ2n) is 5.10. The predicted octanol–water partition coefficient (Wildman–Crippen LogP) is 4.25. The third kappa shape index (κ3) is 6.17. The fraction of sp³-hybridized carbons (Fsp3) is 1.00. The van der Waals surface area contributed by atoms with Gasteiger partial charge in [-0.1, -0.05) is 39.5 Å². The molecule has 1 heterocycles. The zero-order valence-corrected chi connectivity index (χ0v) is 12.2. The molecule has 1 fully saturated rings. The smallest absolute Gasteiger partial charge is 0.282 e. The molecule has 0 spiro atoms. The van der Waals surface area contributed by atoms with E-state index in [1.165, 1.54) is 12.8 Å². The van der Waals surface area contributed by atoms with Crippen molar-refractivity contribution >= 4 is 0 Å². The highest BCUT2D eigenvalue weighted by Crippen LogP contribution is 2.27. The third-order valence-electron chi connectivity index (χ3n) is 3.34. The fourth-order valence-corrected chi connectivity index (χ4v) is 2.11. The van der Waals surface area contributed by atoms with Crippen molar-refractivity contribution in [2.75, 3.05) is 19.8 Å². The Kier molecular flexibility index (Phi) is 8.64. The van der Waals surface area contributed by atoms with Crippen LogP contribution in [0.15, 0.2) is 0 Å². The molecule has 0 radical (unpaired) electrons. The summed E-state index contributed by atoms with van der Waals surface area (Å²) in [6.07, 6.45) is 10.1. The molecule has 0 N–H and O–H groups in total. The van der Waals surface area contributed by atoms with Crippen molar-refractivity contribution in [1.29, 1.82) is 0 Å². The standard InChI is InChI=1S/C15H30O3/c1-3-5-12-16-15(17-13-6-4-2)11-9-7-8-10-14-18-15/h3-14H2,1-2H3. The molecule has 0 aromatic rings. The molecular formula is C15H30O3. The summed E-state index contributed by atoms with van der Waals surface area (Å²) in [6.45, 7) is 6.59. The minimum Gasteiger partial charge on any atom is -0.327 e. The Labute approximate surface area is 112 Å². The number of hydrogen-bond donors (Lipinski definition) is 0. The van der Waals surface area contributed by atoms with Gasteiger partial charge in [0.1, 0.15) is 0 Å². The summed E-state index contributed by atoms with van der Waals surface area (Å²) in [5.74, 6) is -0.745. The maximum atomic E-state index is 5.95. The van der Waals surface area contributed by atoms with Gasteiger partial charge >= 0.3 is 0 Å². The third-order valence-corrected chi connectivity index (χ3v) is 3.34. The first-order valence-electron chi connectivity index (χ1n) is 7.75. The van der Waals surface area contributed by atoms with Gasteiger partial charge in [-0.25, -0.2) is 0 Å².